The number of amides is 1. The predicted octanol–water partition coefficient (Wildman–Crippen LogP) is 1.53. The molecular formula is C17H20N4O3. The van der Waals surface area contributed by atoms with Crippen molar-refractivity contribution in [1.29, 1.82) is 0 Å². The molecule has 3 N–H and O–H groups in total. The number of pyridine rings is 2. The molecule has 1 amide bonds. The number of rotatable bonds is 7. The van der Waals surface area contributed by atoms with Crippen LogP contribution in [0.3, 0.4) is 0 Å². The van der Waals surface area contributed by atoms with E-state index in [0.717, 1.165) is 5.56 Å². The highest BCUT2D eigenvalue weighted by atomic mass is 16.4. The standard InChI is InChI=1S/C17H20N4O3/c1-11(15-9-14(17(23)24)5-8-19-15)21-12(2)16(22)20-10-13-3-6-18-7-4-13/h3-9,11-12,21H,10H2,1-2H3,(H,20,22)(H,23,24)/t11?,12-/m0/s1. The van der Waals surface area contributed by atoms with Crippen molar-refractivity contribution in [3.05, 3.63) is 59.7 Å². The lowest BCUT2D eigenvalue weighted by atomic mass is 10.1. The Bertz CT molecular complexity index is 706. The van der Waals surface area contributed by atoms with E-state index in [4.69, 9.17) is 5.11 Å². The van der Waals surface area contributed by atoms with Crippen LogP contribution in [0.5, 0.6) is 0 Å². The van der Waals surface area contributed by atoms with E-state index < -0.39 is 12.0 Å². The minimum Gasteiger partial charge on any atom is -0.478 e. The third-order valence-electron chi connectivity index (χ3n) is 3.58. The van der Waals surface area contributed by atoms with Gasteiger partial charge in [-0.05, 0) is 43.7 Å². The molecule has 0 aromatic carbocycles. The van der Waals surface area contributed by atoms with Crippen molar-refractivity contribution < 1.29 is 14.7 Å². The molecule has 0 aliphatic heterocycles. The van der Waals surface area contributed by atoms with Gasteiger partial charge in [0.15, 0.2) is 0 Å². The number of nitrogens with zero attached hydrogens (tertiary/aromatic N) is 2. The van der Waals surface area contributed by atoms with Crippen LogP contribution < -0.4 is 10.6 Å². The highest BCUT2D eigenvalue weighted by Gasteiger charge is 2.17. The molecule has 0 saturated carbocycles. The average molecular weight is 328 g/mol. The Morgan fingerprint density at radius 1 is 1.17 bits per heavy atom. The maximum atomic E-state index is 12.2. The van der Waals surface area contributed by atoms with E-state index in [1.165, 1.54) is 18.3 Å². The van der Waals surface area contributed by atoms with Crippen LogP contribution >= 0.6 is 0 Å². The van der Waals surface area contributed by atoms with Crippen molar-refractivity contribution in [2.75, 3.05) is 0 Å². The van der Waals surface area contributed by atoms with Crippen molar-refractivity contribution in [2.45, 2.75) is 32.5 Å². The van der Waals surface area contributed by atoms with E-state index in [1.807, 2.05) is 19.1 Å². The fraction of sp³-hybridized carbons (Fsp3) is 0.294. The number of carbonyl (C=O) groups is 2. The second-order valence-corrected chi connectivity index (χ2v) is 5.46. The van der Waals surface area contributed by atoms with Gasteiger partial charge >= 0.3 is 5.97 Å². The minimum absolute atomic E-state index is 0.145. The Labute approximate surface area is 140 Å². The molecule has 0 aliphatic carbocycles. The zero-order chi connectivity index (χ0) is 17.5. The third-order valence-corrected chi connectivity index (χ3v) is 3.58. The molecule has 2 atom stereocenters. The zero-order valence-corrected chi connectivity index (χ0v) is 13.6. The minimum atomic E-state index is -1.01. The molecule has 7 nitrogen and oxygen atoms in total. The first kappa shape index (κ1) is 17.6. The van der Waals surface area contributed by atoms with Crippen LogP contribution in [0, 0.1) is 0 Å². The maximum absolute atomic E-state index is 12.2. The summed E-state index contributed by atoms with van der Waals surface area (Å²) in [5.41, 5.74) is 1.71. The molecule has 0 bridgehead atoms. The molecule has 0 saturated heterocycles. The molecule has 126 valence electrons. The molecule has 1 unspecified atom stereocenters. The van der Waals surface area contributed by atoms with Crippen LogP contribution in [-0.2, 0) is 11.3 Å². The molecule has 0 spiro atoms. The predicted molar refractivity (Wildman–Crippen MR) is 88.3 cm³/mol. The van der Waals surface area contributed by atoms with E-state index in [-0.39, 0.29) is 17.5 Å². The first-order chi connectivity index (χ1) is 11.5. The Kier molecular flexibility index (Phi) is 5.97. The van der Waals surface area contributed by atoms with Crippen molar-refractivity contribution in [2.24, 2.45) is 0 Å². The Morgan fingerprint density at radius 2 is 1.88 bits per heavy atom. The van der Waals surface area contributed by atoms with Gasteiger partial charge in [-0.15, -0.1) is 0 Å². The topological polar surface area (TPSA) is 104 Å². The molecular weight excluding hydrogens is 308 g/mol. The number of hydrogen-bond acceptors (Lipinski definition) is 5. The van der Waals surface area contributed by atoms with Crippen molar-refractivity contribution in [1.82, 2.24) is 20.6 Å². The maximum Gasteiger partial charge on any atom is 0.335 e. The molecule has 24 heavy (non-hydrogen) atoms. The number of aromatic carboxylic acids is 1. The Morgan fingerprint density at radius 3 is 2.54 bits per heavy atom. The van der Waals surface area contributed by atoms with Crippen LogP contribution in [0.15, 0.2) is 42.9 Å². The van der Waals surface area contributed by atoms with E-state index >= 15 is 0 Å². The first-order valence-electron chi connectivity index (χ1n) is 7.59. The van der Waals surface area contributed by atoms with Gasteiger partial charge in [0.1, 0.15) is 0 Å². The number of carboxylic acid groups (broad SMARTS) is 1. The molecule has 2 aromatic rings. The largest absolute Gasteiger partial charge is 0.478 e. The fourth-order valence-corrected chi connectivity index (χ4v) is 2.20. The summed E-state index contributed by atoms with van der Waals surface area (Å²) in [6, 6.07) is 5.90. The van der Waals surface area contributed by atoms with Gasteiger partial charge in [0.05, 0.1) is 17.3 Å². The van der Waals surface area contributed by atoms with Gasteiger partial charge in [-0.25, -0.2) is 4.79 Å². The van der Waals surface area contributed by atoms with Crippen LogP contribution in [0.2, 0.25) is 0 Å². The van der Waals surface area contributed by atoms with Crippen LogP contribution in [0.25, 0.3) is 0 Å². The highest BCUT2D eigenvalue weighted by Crippen LogP contribution is 2.12. The van der Waals surface area contributed by atoms with Crippen LogP contribution in [0.1, 0.15) is 41.5 Å². The lowest BCUT2D eigenvalue weighted by Gasteiger charge is -2.19. The summed E-state index contributed by atoms with van der Waals surface area (Å²) in [5.74, 6) is -1.15. The van der Waals surface area contributed by atoms with Crippen molar-refractivity contribution >= 4 is 11.9 Å². The van der Waals surface area contributed by atoms with E-state index in [9.17, 15) is 9.59 Å². The van der Waals surface area contributed by atoms with Gasteiger partial charge in [-0.2, -0.15) is 0 Å². The molecule has 0 radical (unpaired) electrons. The number of hydrogen-bond donors (Lipinski definition) is 3. The summed E-state index contributed by atoms with van der Waals surface area (Å²) in [6.45, 7) is 4.01. The normalized spacial score (nSPS) is 13.1. The summed E-state index contributed by atoms with van der Waals surface area (Å²) in [7, 11) is 0. The SMILES string of the molecule is CC(N[C@@H](C)C(=O)NCc1ccncc1)c1cc(C(=O)O)ccn1. The van der Waals surface area contributed by atoms with Crippen molar-refractivity contribution in [3.63, 3.8) is 0 Å². The summed E-state index contributed by atoms with van der Waals surface area (Å²) < 4.78 is 0. The first-order valence-corrected chi connectivity index (χ1v) is 7.59. The summed E-state index contributed by atoms with van der Waals surface area (Å²) >= 11 is 0. The van der Waals surface area contributed by atoms with Gasteiger partial charge in [0.25, 0.3) is 0 Å². The molecule has 0 aliphatic rings. The van der Waals surface area contributed by atoms with E-state index in [2.05, 4.69) is 20.6 Å². The van der Waals surface area contributed by atoms with Gasteiger partial charge in [0, 0.05) is 31.2 Å². The molecule has 0 fully saturated rings. The second kappa shape index (κ2) is 8.16. The summed E-state index contributed by atoms with van der Waals surface area (Å²) in [6.07, 6.45) is 4.80. The summed E-state index contributed by atoms with van der Waals surface area (Å²) in [5, 5.41) is 15.0. The van der Waals surface area contributed by atoms with Crippen molar-refractivity contribution in [3.8, 4) is 0 Å². The quantitative estimate of drug-likeness (QED) is 0.712. The second-order valence-electron chi connectivity index (χ2n) is 5.46. The Balaban J connectivity index is 1.90. The van der Waals surface area contributed by atoms with Crippen LogP contribution in [0.4, 0.5) is 0 Å². The fourth-order valence-electron chi connectivity index (χ4n) is 2.20. The lowest BCUT2D eigenvalue weighted by Crippen LogP contribution is -2.43. The molecule has 2 heterocycles. The third kappa shape index (κ3) is 4.85. The summed E-state index contributed by atoms with van der Waals surface area (Å²) in [4.78, 5) is 31.3. The smallest absolute Gasteiger partial charge is 0.335 e. The van der Waals surface area contributed by atoms with E-state index in [0.29, 0.717) is 12.2 Å². The van der Waals surface area contributed by atoms with Gasteiger partial charge < -0.3 is 10.4 Å². The number of carboxylic acids is 1. The molecule has 2 aromatic heterocycles. The number of aromatic nitrogens is 2. The van der Waals surface area contributed by atoms with Gasteiger partial charge in [-0.3, -0.25) is 20.1 Å². The molecule has 7 heteroatoms. The zero-order valence-electron chi connectivity index (χ0n) is 13.6. The highest BCUT2D eigenvalue weighted by molar-refractivity contribution is 5.87. The number of nitrogens with one attached hydrogen (secondary N) is 2. The monoisotopic (exact) mass is 328 g/mol. The number of carbonyl (C=O) groups excluding carboxylic acids is 1. The average Bonchev–Trinajstić information content (AvgIpc) is 2.60. The lowest BCUT2D eigenvalue weighted by molar-refractivity contribution is -0.123. The van der Waals surface area contributed by atoms with Gasteiger partial charge in [-0.1, -0.05) is 0 Å². The Hall–Kier alpha value is -2.80. The van der Waals surface area contributed by atoms with Gasteiger partial charge in [0.2, 0.25) is 5.91 Å². The molecule has 2 rings (SSSR count). The van der Waals surface area contributed by atoms with E-state index in [1.54, 1.807) is 19.3 Å². The van der Waals surface area contributed by atoms with Crippen LogP contribution in [-0.4, -0.2) is 33.0 Å².